The maximum atomic E-state index is 9.86. The number of anilines is 6. The number of aliphatic hydroxyl groups is 3. The number of benzene rings is 3. The van der Waals surface area contributed by atoms with Gasteiger partial charge in [-0.05, 0) is 36.4 Å². The van der Waals surface area contributed by atoms with Crippen LogP contribution < -0.4 is 14.7 Å². The van der Waals surface area contributed by atoms with Crippen molar-refractivity contribution in [3.05, 3.63) is 71.3 Å². The van der Waals surface area contributed by atoms with Crippen LogP contribution in [0.1, 0.15) is 22.6 Å². The van der Waals surface area contributed by atoms with Crippen LogP contribution in [0.4, 0.5) is 34.1 Å². The lowest BCUT2D eigenvalue weighted by molar-refractivity contribution is 0.304. The molecule has 0 amide bonds. The molecule has 3 aromatic rings. The number of rotatable bonds is 6. The normalized spacial score (nSPS) is 15.4. The van der Waals surface area contributed by atoms with E-state index < -0.39 is 0 Å². The molecule has 3 aliphatic heterocycles. The fourth-order valence-electron chi connectivity index (χ4n) is 5.77. The van der Waals surface area contributed by atoms with Gasteiger partial charge in [0.15, 0.2) is 0 Å². The molecule has 31 heavy (non-hydrogen) atoms. The second-order valence-corrected chi connectivity index (χ2v) is 8.19. The zero-order valence-corrected chi connectivity index (χ0v) is 17.2. The Kier molecular flexibility index (Phi) is 4.21. The summed E-state index contributed by atoms with van der Waals surface area (Å²) in [5, 5.41) is 29.6. The maximum absolute atomic E-state index is 9.86. The van der Waals surface area contributed by atoms with E-state index in [1.165, 1.54) is 16.7 Å². The van der Waals surface area contributed by atoms with Gasteiger partial charge in [0.25, 0.3) is 0 Å². The first kappa shape index (κ1) is 18.7. The van der Waals surface area contributed by atoms with Gasteiger partial charge in [-0.15, -0.1) is 0 Å². The molecule has 0 saturated heterocycles. The molecular weight excluding hydrogens is 390 g/mol. The Morgan fingerprint density at radius 3 is 0.968 bits per heavy atom. The van der Waals surface area contributed by atoms with E-state index in [1.54, 1.807) is 0 Å². The summed E-state index contributed by atoms with van der Waals surface area (Å²) in [4.78, 5) is 6.63. The van der Waals surface area contributed by atoms with Gasteiger partial charge in [0.2, 0.25) is 0 Å². The van der Waals surface area contributed by atoms with E-state index in [0.717, 1.165) is 34.1 Å². The molecule has 6 heteroatoms. The molecule has 3 N–H and O–H groups in total. The summed E-state index contributed by atoms with van der Waals surface area (Å²) in [5.74, 6) is 0.0865. The van der Waals surface area contributed by atoms with E-state index in [1.807, 2.05) is 0 Å². The minimum Gasteiger partial charge on any atom is -0.395 e. The van der Waals surface area contributed by atoms with E-state index in [0.29, 0.717) is 19.6 Å². The molecule has 3 heterocycles. The third kappa shape index (κ3) is 2.38. The van der Waals surface area contributed by atoms with Crippen molar-refractivity contribution in [2.75, 3.05) is 54.2 Å². The molecule has 3 aromatic carbocycles. The average Bonchev–Trinajstić information content (AvgIpc) is 2.80. The van der Waals surface area contributed by atoms with Crippen molar-refractivity contribution in [2.24, 2.45) is 0 Å². The topological polar surface area (TPSA) is 70.4 Å². The third-order valence-electron chi connectivity index (χ3n) is 6.76. The van der Waals surface area contributed by atoms with Crippen LogP contribution in [0.3, 0.4) is 0 Å². The summed E-state index contributed by atoms with van der Waals surface area (Å²) in [7, 11) is 0. The van der Waals surface area contributed by atoms with Gasteiger partial charge < -0.3 is 30.0 Å². The van der Waals surface area contributed by atoms with E-state index in [2.05, 4.69) is 69.3 Å². The van der Waals surface area contributed by atoms with Crippen LogP contribution in [-0.4, -0.2) is 54.8 Å². The minimum atomic E-state index is 0.0561. The van der Waals surface area contributed by atoms with Gasteiger partial charge in [-0.25, -0.2) is 0 Å². The Bertz CT molecular complexity index is 966. The van der Waals surface area contributed by atoms with E-state index in [-0.39, 0.29) is 25.7 Å². The summed E-state index contributed by atoms with van der Waals surface area (Å²) in [6, 6.07) is 19.0. The van der Waals surface area contributed by atoms with Gasteiger partial charge in [-0.3, -0.25) is 0 Å². The fraction of sp³-hybridized carbons (Fsp3) is 0.280. The number of hydrogen-bond donors (Lipinski definition) is 3. The van der Waals surface area contributed by atoms with Crippen molar-refractivity contribution < 1.29 is 15.3 Å². The van der Waals surface area contributed by atoms with Crippen LogP contribution in [0.25, 0.3) is 0 Å². The molecule has 0 radical (unpaired) electrons. The van der Waals surface area contributed by atoms with Crippen molar-refractivity contribution in [1.29, 1.82) is 0 Å². The van der Waals surface area contributed by atoms with E-state index in [4.69, 9.17) is 0 Å². The lowest BCUT2D eigenvalue weighted by Gasteiger charge is -2.50. The monoisotopic (exact) mass is 415 g/mol. The van der Waals surface area contributed by atoms with Gasteiger partial charge in [-0.1, -0.05) is 18.2 Å². The zero-order valence-electron chi connectivity index (χ0n) is 17.2. The Labute approximate surface area is 181 Å². The molecule has 0 bridgehead atoms. The molecule has 158 valence electrons. The molecule has 0 unspecified atom stereocenters. The minimum absolute atomic E-state index is 0.0561. The Balaban J connectivity index is 1.73. The molecule has 0 fully saturated rings. The number of β-amino-alcohol motifs (C(OH)–C–C–N with tert-alkyl or cyclic N) is 3. The SMILES string of the molecule is OCCN1c2cccc3c2C2c4c1cccc4N(CCO)c1cccc(c12)N3CCO. The van der Waals surface area contributed by atoms with Crippen LogP contribution in [-0.2, 0) is 0 Å². The lowest BCUT2D eigenvalue weighted by Crippen LogP contribution is -2.39. The Morgan fingerprint density at radius 1 is 0.484 bits per heavy atom. The molecular formula is C25H25N3O3. The van der Waals surface area contributed by atoms with Gasteiger partial charge in [0.05, 0.1) is 19.8 Å². The van der Waals surface area contributed by atoms with Gasteiger partial charge in [0.1, 0.15) is 0 Å². The standard InChI is InChI=1S/C25H25N3O3/c29-13-10-26-16-4-1-5-17-22(16)25-23-18(26)6-2-8-20(23)28(12-15-31)21-9-3-7-19(24(21)25)27(17)11-14-30/h1-9,25,29-31H,10-15H2. The summed E-state index contributed by atoms with van der Waals surface area (Å²) < 4.78 is 0. The van der Waals surface area contributed by atoms with Crippen LogP contribution in [0, 0.1) is 0 Å². The molecule has 3 aliphatic rings. The maximum Gasteiger partial charge on any atom is 0.0610 e. The fourth-order valence-corrected chi connectivity index (χ4v) is 5.77. The third-order valence-corrected chi connectivity index (χ3v) is 6.76. The van der Waals surface area contributed by atoms with Crippen molar-refractivity contribution >= 4 is 34.1 Å². The molecule has 6 rings (SSSR count). The predicted molar refractivity (Wildman–Crippen MR) is 123 cm³/mol. The van der Waals surface area contributed by atoms with Crippen LogP contribution >= 0.6 is 0 Å². The highest BCUT2D eigenvalue weighted by Gasteiger charge is 2.45. The smallest absolute Gasteiger partial charge is 0.0610 e. The second-order valence-electron chi connectivity index (χ2n) is 8.19. The highest BCUT2D eigenvalue weighted by atomic mass is 16.3. The Hall–Kier alpha value is -3.06. The first-order chi connectivity index (χ1) is 15.3. The highest BCUT2D eigenvalue weighted by molar-refractivity contribution is 5.97. The van der Waals surface area contributed by atoms with Crippen molar-refractivity contribution in [2.45, 2.75) is 5.92 Å². The average molecular weight is 415 g/mol. The summed E-state index contributed by atoms with van der Waals surface area (Å²) >= 11 is 0. The molecule has 0 spiro atoms. The molecule has 0 saturated carbocycles. The van der Waals surface area contributed by atoms with Crippen LogP contribution in [0.15, 0.2) is 54.6 Å². The zero-order chi connectivity index (χ0) is 21.1. The summed E-state index contributed by atoms with van der Waals surface area (Å²) in [5.41, 5.74) is 10.4. The van der Waals surface area contributed by atoms with Gasteiger partial charge in [0, 0.05) is 76.4 Å². The predicted octanol–water partition coefficient (Wildman–Crippen LogP) is 3.20. The van der Waals surface area contributed by atoms with Gasteiger partial charge in [-0.2, -0.15) is 0 Å². The molecule has 0 aromatic heterocycles. The number of aliphatic hydroxyl groups excluding tert-OH is 3. The van der Waals surface area contributed by atoms with Gasteiger partial charge >= 0.3 is 0 Å². The molecule has 6 nitrogen and oxygen atoms in total. The number of hydrogen-bond acceptors (Lipinski definition) is 6. The van der Waals surface area contributed by atoms with Crippen LogP contribution in [0.2, 0.25) is 0 Å². The number of nitrogens with zero attached hydrogens (tertiary/aromatic N) is 3. The summed E-state index contributed by atoms with van der Waals surface area (Å²) in [6.07, 6.45) is 0. The lowest BCUT2D eigenvalue weighted by atomic mass is 9.72. The van der Waals surface area contributed by atoms with Crippen molar-refractivity contribution in [1.82, 2.24) is 0 Å². The van der Waals surface area contributed by atoms with Crippen LogP contribution in [0.5, 0.6) is 0 Å². The van der Waals surface area contributed by atoms with E-state index >= 15 is 0 Å². The highest BCUT2D eigenvalue weighted by Crippen LogP contribution is 2.63. The van der Waals surface area contributed by atoms with E-state index in [9.17, 15) is 15.3 Å². The van der Waals surface area contributed by atoms with Crippen molar-refractivity contribution in [3.63, 3.8) is 0 Å². The molecule has 0 aliphatic carbocycles. The first-order valence-electron chi connectivity index (χ1n) is 10.8. The van der Waals surface area contributed by atoms with Crippen molar-refractivity contribution in [3.8, 4) is 0 Å². The second kappa shape index (κ2) is 6.99. The molecule has 0 atom stereocenters. The first-order valence-corrected chi connectivity index (χ1v) is 10.8. The Morgan fingerprint density at radius 2 is 0.742 bits per heavy atom. The quantitative estimate of drug-likeness (QED) is 0.574. The largest absolute Gasteiger partial charge is 0.395 e. The summed E-state index contributed by atoms with van der Waals surface area (Å²) in [6.45, 7) is 1.69.